The molecule has 7 nitrogen and oxygen atoms in total. The number of pyridine rings is 1. The average Bonchev–Trinajstić information content (AvgIpc) is 2.76. The number of benzene rings is 1. The highest BCUT2D eigenvalue weighted by Crippen LogP contribution is 2.49. The standard InChI is InChI=1S/C25H28N4O3/c1-14-12-28-24(32-13-25(3)8-5-9-25)21-20(19(23(27)30)15(2)29-22(14)21)17-7-6-16(11-26)10-18(17)31-4/h6-7,10,12,20,29H,5,8-9,13H2,1-4H3,(H2,27,30)/t20-/m1/s1. The Balaban J connectivity index is 1.91. The predicted molar refractivity (Wildman–Crippen MR) is 121 cm³/mol. The van der Waals surface area contributed by atoms with E-state index in [2.05, 4.69) is 23.3 Å². The normalized spacial score (nSPS) is 18.7. The van der Waals surface area contributed by atoms with Crippen LogP contribution in [0.1, 0.15) is 61.3 Å². The number of methoxy groups -OCH3 is 1. The molecule has 166 valence electrons. The Morgan fingerprint density at radius 3 is 2.72 bits per heavy atom. The van der Waals surface area contributed by atoms with Crippen LogP contribution in [0.25, 0.3) is 0 Å². The lowest BCUT2D eigenvalue weighted by atomic mass is 9.71. The highest BCUT2D eigenvalue weighted by molar-refractivity contribution is 5.98. The van der Waals surface area contributed by atoms with Crippen molar-refractivity contribution in [2.75, 3.05) is 19.0 Å². The third-order valence-corrected chi connectivity index (χ3v) is 6.62. The predicted octanol–water partition coefficient (Wildman–Crippen LogP) is 4.16. The summed E-state index contributed by atoms with van der Waals surface area (Å²) in [5.74, 6) is -0.0840. The highest BCUT2D eigenvalue weighted by Gasteiger charge is 2.38. The van der Waals surface area contributed by atoms with Gasteiger partial charge in [-0.05, 0) is 44.4 Å². The number of nitrogens with zero attached hydrogens (tertiary/aromatic N) is 2. The lowest BCUT2D eigenvalue weighted by molar-refractivity contribution is -0.114. The fraction of sp³-hybridized carbons (Fsp3) is 0.400. The second kappa shape index (κ2) is 8.19. The molecule has 1 aromatic carbocycles. The summed E-state index contributed by atoms with van der Waals surface area (Å²) < 4.78 is 11.9. The summed E-state index contributed by atoms with van der Waals surface area (Å²) in [6.07, 6.45) is 5.23. The maximum absolute atomic E-state index is 12.6. The van der Waals surface area contributed by atoms with E-state index < -0.39 is 11.8 Å². The Morgan fingerprint density at radius 1 is 1.38 bits per heavy atom. The summed E-state index contributed by atoms with van der Waals surface area (Å²) in [7, 11) is 1.55. The molecule has 0 unspecified atom stereocenters. The van der Waals surface area contributed by atoms with Crippen LogP contribution in [0.2, 0.25) is 0 Å². The molecular formula is C25H28N4O3. The van der Waals surface area contributed by atoms with Crippen LogP contribution in [0.3, 0.4) is 0 Å². The van der Waals surface area contributed by atoms with Gasteiger partial charge in [0.05, 0.1) is 42.5 Å². The number of nitrogens with one attached hydrogen (secondary N) is 1. The number of aromatic nitrogens is 1. The van der Waals surface area contributed by atoms with Gasteiger partial charge in [-0.15, -0.1) is 0 Å². The first-order valence-corrected chi connectivity index (χ1v) is 10.8. The molecule has 0 radical (unpaired) electrons. The van der Waals surface area contributed by atoms with Crippen LogP contribution < -0.4 is 20.5 Å². The molecule has 2 aromatic rings. The van der Waals surface area contributed by atoms with E-state index in [1.54, 1.807) is 25.4 Å². The van der Waals surface area contributed by atoms with E-state index in [4.69, 9.17) is 15.2 Å². The molecule has 1 fully saturated rings. The van der Waals surface area contributed by atoms with E-state index in [1.807, 2.05) is 19.9 Å². The maximum atomic E-state index is 12.6. The second-order valence-electron chi connectivity index (χ2n) is 9.02. The smallest absolute Gasteiger partial charge is 0.247 e. The van der Waals surface area contributed by atoms with Crippen LogP contribution in [-0.2, 0) is 4.79 Å². The Hall–Kier alpha value is -3.53. The molecule has 1 saturated carbocycles. The van der Waals surface area contributed by atoms with E-state index in [0.29, 0.717) is 35.1 Å². The number of rotatable bonds is 6. The van der Waals surface area contributed by atoms with Gasteiger partial charge in [-0.1, -0.05) is 19.4 Å². The molecule has 32 heavy (non-hydrogen) atoms. The highest BCUT2D eigenvalue weighted by atomic mass is 16.5. The topological polar surface area (TPSA) is 110 Å². The largest absolute Gasteiger partial charge is 0.496 e. The molecule has 1 aromatic heterocycles. The molecule has 0 bridgehead atoms. The van der Waals surface area contributed by atoms with Crippen molar-refractivity contribution < 1.29 is 14.3 Å². The van der Waals surface area contributed by atoms with Gasteiger partial charge in [0.15, 0.2) is 0 Å². The number of nitriles is 1. The minimum absolute atomic E-state index is 0.140. The van der Waals surface area contributed by atoms with Crippen LogP contribution in [-0.4, -0.2) is 24.6 Å². The van der Waals surface area contributed by atoms with Crippen molar-refractivity contribution in [1.82, 2.24) is 4.98 Å². The SMILES string of the molecule is COc1cc(C#N)ccc1[C@@H]1C(C(N)=O)=C(C)Nc2c(C)cnc(OCC3(C)CCC3)c21. The summed E-state index contributed by atoms with van der Waals surface area (Å²) in [6, 6.07) is 7.33. The molecule has 1 atom stereocenters. The molecule has 0 saturated heterocycles. The molecule has 1 amide bonds. The van der Waals surface area contributed by atoms with Crippen molar-refractivity contribution in [2.45, 2.75) is 46.0 Å². The van der Waals surface area contributed by atoms with Crippen molar-refractivity contribution >= 4 is 11.6 Å². The lowest BCUT2D eigenvalue weighted by Gasteiger charge is -2.38. The van der Waals surface area contributed by atoms with E-state index in [-0.39, 0.29) is 5.41 Å². The number of hydrogen-bond acceptors (Lipinski definition) is 6. The third kappa shape index (κ3) is 3.66. The number of primary amides is 1. The number of aryl methyl sites for hydroxylation is 1. The Kier molecular flexibility index (Phi) is 5.55. The van der Waals surface area contributed by atoms with E-state index >= 15 is 0 Å². The van der Waals surface area contributed by atoms with E-state index in [9.17, 15) is 10.1 Å². The van der Waals surface area contributed by atoms with Crippen molar-refractivity contribution in [3.05, 3.63) is 57.9 Å². The van der Waals surface area contributed by atoms with Gasteiger partial charge in [0.1, 0.15) is 5.75 Å². The monoisotopic (exact) mass is 432 g/mol. The molecule has 1 aliphatic heterocycles. The first-order valence-electron chi connectivity index (χ1n) is 10.8. The first kappa shape index (κ1) is 21.7. The number of allylic oxidation sites excluding steroid dienone is 1. The average molecular weight is 433 g/mol. The van der Waals surface area contributed by atoms with Crippen LogP contribution in [0.5, 0.6) is 11.6 Å². The summed E-state index contributed by atoms with van der Waals surface area (Å²) in [5, 5.41) is 12.7. The number of ether oxygens (including phenoxy) is 2. The summed E-state index contributed by atoms with van der Waals surface area (Å²) >= 11 is 0. The number of hydrogen-bond donors (Lipinski definition) is 2. The molecule has 1 aliphatic carbocycles. The molecule has 2 heterocycles. The van der Waals surface area contributed by atoms with Crippen LogP contribution in [0, 0.1) is 23.7 Å². The van der Waals surface area contributed by atoms with Gasteiger partial charge in [-0.2, -0.15) is 5.26 Å². The Labute approximate surface area is 188 Å². The molecule has 2 aliphatic rings. The van der Waals surface area contributed by atoms with Gasteiger partial charge in [-0.3, -0.25) is 4.79 Å². The number of carbonyl (C=O) groups excluding carboxylic acids is 1. The number of anilines is 1. The Bertz CT molecular complexity index is 1160. The van der Waals surface area contributed by atoms with Gasteiger partial charge in [0.25, 0.3) is 0 Å². The molecule has 3 N–H and O–H groups in total. The first-order chi connectivity index (χ1) is 15.3. The zero-order chi connectivity index (χ0) is 23.0. The molecule has 4 rings (SSSR count). The Morgan fingerprint density at radius 2 is 2.12 bits per heavy atom. The van der Waals surface area contributed by atoms with Crippen LogP contribution >= 0.6 is 0 Å². The van der Waals surface area contributed by atoms with Crippen molar-refractivity contribution in [1.29, 1.82) is 5.26 Å². The fourth-order valence-electron chi connectivity index (χ4n) is 4.60. The second-order valence-corrected chi connectivity index (χ2v) is 9.02. The minimum Gasteiger partial charge on any atom is -0.496 e. The van der Waals surface area contributed by atoms with Crippen molar-refractivity contribution in [3.8, 4) is 17.7 Å². The van der Waals surface area contributed by atoms with Gasteiger partial charge in [0.2, 0.25) is 11.8 Å². The summed E-state index contributed by atoms with van der Waals surface area (Å²) in [6.45, 7) is 6.57. The van der Waals surface area contributed by atoms with E-state index in [0.717, 1.165) is 35.2 Å². The van der Waals surface area contributed by atoms with Gasteiger partial charge < -0.3 is 20.5 Å². The van der Waals surface area contributed by atoms with E-state index in [1.165, 1.54) is 6.42 Å². The van der Waals surface area contributed by atoms with Gasteiger partial charge in [0, 0.05) is 28.4 Å². The number of amides is 1. The van der Waals surface area contributed by atoms with Crippen LogP contribution in [0.4, 0.5) is 5.69 Å². The number of carbonyl (C=O) groups is 1. The molecular weight excluding hydrogens is 404 g/mol. The summed E-state index contributed by atoms with van der Waals surface area (Å²) in [5.41, 5.74) is 10.8. The molecule has 0 spiro atoms. The number of nitrogens with two attached hydrogens (primary N) is 1. The lowest BCUT2D eigenvalue weighted by Crippen LogP contribution is -2.33. The van der Waals surface area contributed by atoms with Gasteiger partial charge >= 0.3 is 0 Å². The summed E-state index contributed by atoms with van der Waals surface area (Å²) in [4.78, 5) is 17.2. The number of fused-ring (bicyclic) bond motifs is 1. The van der Waals surface area contributed by atoms with Crippen molar-refractivity contribution in [3.63, 3.8) is 0 Å². The maximum Gasteiger partial charge on any atom is 0.247 e. The van der Waals surface area contributed by atoms with Crippen LogP contribution in [0.15, 0.2) is 35.7 Å². The fourth-order valence-corrected chi connectivity index (χ4v) is 4.60. The zero-order valence-corrected chi connectivity index (χ0v) is 18.9. The minimum atomic E-state index is -0.539. The quantitative estimate of drug-likeness (QED) is 0.709. The van der Waals surface area contributed by atoms with Gasteiger partial charge in [-0.25, -0.2) is 4.98 Å². The third-order valence-electron chi connectivity index (χ3n) is 6.62. The molecule has 7 heteroatoms. The zero-order valence-electron chi connectivity index (χ0n) is 18.9. The van der Waals surface area contributed by atoms with Crippen molar-refractivity contribution in [2.24, 2.45) is 11.1 Å².